The highest BCUT2D eigenvalue weighted by molar-refractivity contribution is 7.89. The molecule has 3 N–H and O–H groups in total. The number of nitrogens with zero attached hydrogens (tertiary/aromatic N) is 6. The number of hydrogen-bond acceptors (Lipinski definition) is 7. The summed E-state index contributed by atoms with van der Waals surface area (Å²) in [5.74, 6) is 0.744. The average molecular weight is 573 g/mol. The van der Waals surface area contributed by atoms with E-state index < -0.39 is 10.0 Å². The molecule has 0 saturated carbocycles. The number of benzene rings is 2. The van der Waals surface area contributed by atoms with Gasteiger partial charge in [-0.15, -0.1) is 5.10 Å². The van der Waals surface area contributed by atoms with Gasteiger partial charge < -0.3 is 9.88 Å². The third kappa shape index (κ3) is 5.03. The zero-order valence-electron chi connectivity index (χ0n) is 20.3. The molecule has 14 heteroatoms. The summed E-state index contributed by atoms with van der Waals surface area (Å²) < 4.78 is 26.8. The van der Waals surface area contributed by atoms with Crippen LogP contribution in [0.5, 0.6) is 0 Å². The van der Waals surface area contributed by atoms with Gasteiger partial charge in [-0.2, -0.15) is 5.10 Å². The SMILES string of the molecule is CN(C)c1nn(-c2c(Cl)cc(S(N)(=O)=O)cc2Cl)c2nc(Cc3ccc(Cn4cccn4)cc3)[nH]c(=O)c12. The first-order valence-electron chi connectivity index (χ1n) is 11.3. The second-order valence-electron chi connectivity index (χ2n) is 8.82. The predicted octanol–water partition coefficient (Wildman–Crippen LogP) is 2.96. The van der Waals surface area contributed by atoms with Crippen molar-refractivity contribution >= 4 is 50.1 Å². The van der Waals surface area contributed by atoms with E-state index in [1.54, 1.807) is 25.2 Å². The fourth-order valence-electron chi connectivity index (χ4n) is 4.05. The molecule has 0 radical (unpaired) electrons. The topological polar surface area (TPSA) is 145 Å². The fraction of sp³-hybridized carbons (Fsp3) is 0.167. The van der Waals surface area contributed by atoms with Crippen LogP contribution < -0.4 is 15.6 Å². The third-order valence-corrected chi connectivity index (χ3v) is 7.29. The molecule has 0 saturated heterocycles. The van der Waals surface area contributed by atoms with Gasteiger partial charge in [0.1, 0.15) is 16.9 Å². The Kier molecular flexibility index (Phi) is 6.73. The number of nitrogens with two attached hydrogens (primary N) is 1. The number of hydrogen-bond donors (Lipinski definition) is 2. The van der Waals surface area contributed by atoms with Crippen LogP contribution in [0.1, 0.15) is 17.0 Å². The number of primary sulfonamides is 1. The standard InChI is InChI=1S/C24H22Cl2N8O3S/c1-32(2)23-20-22(34(31-23)21-17(25)11-16(12-18(21)26)38(27,36)37)29-19(30-24(20)35)10-14-4-6-15(7-5-14)13-33-9-3-8-28-33/h3-9,11-12H,10,13H2,1-2H3,(H2,27,36,37)(H,29,30,35). The average Bonchev–Trinajstić information content (AvgIpc) is 3.48. The van der Waals surface area contributed by atoms with Crippen LogP contribution >= 0.6 is 23.2 Å². The molecule has 0 amide bonds. The normalized spacial score (nSPS) is 11.8. The zero-order valence-corrected chi connectivity index (χ0v) is 22.6. The van der Waals surface area contributed by atoms with Crippen LogP contribution in [0.3, 0.4) is 0 Å². The number of rotatable bonds is 7. The maximum absolute atomic E-state index is 13.2. The van der Waals surface area contributed by atoms with Crippen LogP contribution in [0.2, 0.25) is 10.0 Å². The first kappa shape index (κ1) is 25.9. The van der Waals surface area contributed by atoms with Gasteiger partial charge >= 0.3 is 0 Å². The van der Waals surface area contributed by atoms with Gasteiger partial charge in [0.2, 0.25) is 10.0 Å². The monoisotopic (exact) mass is 572 g/mol. The molecule has 5 aromatic rings. The number of nitrogens with one attached hydrogen (secondary N) is 1. The smallest absolute Gasteiger partial charge is 0.264 e. The molecule has 0 bridgehead atoms. The van der Waals surface area contributed by atoms with E-state index in [4.69, 9.17) is 33.3 Å². The minimum absolute atomic E-state index is 0.0207. The molecule has 38 heavy (non-hydrogen) atoms. The number of sulfonamides is 1. The third-order valence-electron chi connectivity index (χ3n) is 5.82. The Hall–Kier alpha value is -3.71. The summed E-state index contributed by atoms with van der Waals surface area (Å²) in [6.45, 7) is 0.645. The Morgan fingerprint density at radius 2 is 1.74 bits per heavy atom. The lowest BCUT2D eigenvalue weighted by molar-refractivity contribution is 0.598. The van der Waals surface area contributed by atoms with E-state index >= 15 is 0 Å². The van der Waals surface area contributed by atoms with Gasteiger partial charge in [-0.05, 0) is 29.3 Å². The van der Waals surface area contributed by atoms with Crippen molar-refractivity contribution in [1.29, 1.82) is 0 Å². The number of H-pyrrole nitrogens is 1. The highest BCUT2D eigenvalue weighted by Crippen LogP contribution is 2.34. The Labute approximate surface area is 227 Å². The van der Waals surface area contributed by atoms with E-state index in [-0.39, 0.29) is 37.2 Å². The number of halogens is 2. The number of anilines is 1. The summed E-state index contributed by atoms with van der Waals surface area (Å²) in [6, 6.07) is 12.1. The van der Waals surface area contributed by atoms with E-state index in [0.717, 1.165) is 11.1 Å². The van der Waals surface area contributed by atoms with Crippen LogP contribution in [0.25, 0.3) is 16.7 Å². The maximum atomic E-state index is 13.2. The quantitative estimate of drug-likeness (QED) is 0.305. The van der Waals surface area contributed by atoms with Gasteiger partial charge in [0.25, 0.3) is 5.56 Å². The summed E-state index contributed by atoms with van der Waals surface area (Å²) in [6.07, 6.45) is 3.97. The summed E-state index contributed by atoms with van der Waals surface area (Å²) >= 11 is 12.9. The Morgan fingerprint density at radius 3 is 2.32 bits per heavy atom. The summed E-state index contributed by atoms with van der Waals surface area (Å²) in [5.41, 5.74) is 2.02. The lowest BCUT2D eigenvalue weighted by Gasteiger charge is -2.11. The molecule has 0 unspecified atom stereocenters. The number of fused-ring (bicyclic) bond motifs is 1. The molecule has 3 heterocycles. The molecule has 0 aliphatic carbocycles. The molecule has 0 spiro atoms. The van der Waals surface area contributed by atoms with E-state index in [1.165, 1.54) is 16.8 Å². The van der Waals surface area contributed by atoms with Crippen molar-refractivity contribution < 1.29 is 8.42 Å². The minimum Gasteiger partial charge on any atom is -0.361 e. The van der Waals surface area contributed by atoms with Crippen LogP contribution in [0.15, 0.2) is 64.5 Å². The molecule has 0 atom stereocenters. The lowest BCUT2D eigenvalue weighted by atomic mass is 10.1. The Balaban J connectivity index is 1.58. The van der Waals surface area contributed by atoms with E-state index in [1.807, 2.05) is 41.2 Å². The predicted molar refractivity (Wildman–Crippen MR) is 146 cm³/mol. The molecule has 11 nitrogen and oxygen atoms in total. The van der Waals surface area contributed by atoms with Gasteiger partial charge in [0, 0.05) is 32.9 Å². The van der Waals surface area contributed by atoms with Gasteiger partial charge in [-0.3, -0.25) is 9.48 Å². The number of aromatic nitrogens is 6. The molecule has 3 aromatic heterocycles. The number of aromatic amines is 1. The second kappa shape index (κ2) is 9.87. The molecular weight excluding hydrogens is 551 g/mol. The van der Waals surface area contributed by atoms with E-state index in [9.17, 15) is 13.2 Å². The van der Waals surface area contributed by atoms with E-state index in [2.05, 4.69) is 15.2 Å². The Morgan fingerprint density at radius 1 is 1.08 bits per heavy atom. The fourth-order valence-corrected chi connectivity index (χ4v) is 5.39. The minimum atomic E-state index is -4.05. The molecular formula is C24H22Cl2N8O3S. The highest BCUT2D eigenvalue weighted by Gasteiger charge is 2.24. The van der Waals surface area contributed by atoms with E-state index in [0.29, 0.717) is 24.6 Å². The summed E-state index contributed by atoms with van der Waals surface area (Å²) in [5, 5.41) is 14.2. The van der Waals surface area contributed by atoms with Gasteiger partial charge in [0.15, 0.2) is 11.5 Å². The van der Waals surface area contributed by atoms with Crippen molar-refractivity contribution in [2.24, 2.45) is 5.14 Å². The van der Waals surface area contributed by atoms with Crippen molar-refractivity contribution in [3.8, 4) is 5.69 Å². The lowest BCUT2D eigenvalue weighted by Crippen LogP contribution is -2.16. The van der Waals surface area contributed by atoms with Crippen molar-refractivity contribution in [3.05, 3.63) is 92.2 Å². The van der Waals surface area contributed by atoms with Gasteiger partial charge in [0.05, 0.1) is 21.5 Å². The van der Waals surface area contributed by atoms with Crippen LogP contribution in [0, 0.1) is 0 Å². The maximum Gasteiger partial charge on any atom is 0.264 e. The summed E-state index contributed by atoms with van der Waals surface area (Å²) in [4.78, 5) is 22.2. The van der Waals surface area contributed by atoms with Gasteiger partial charge in [-0.1, -0.05) is 47.5 Å². The van der Waals surface area contributed by atoms with Crippen molar-refractivity contribution in [1.82, 2.24) is 29.5 Å². The van der Waals surface area contributed by atoms with Crippen LogP contribution in [0.4, 0.5) is 5.82 Å². The first-order chi connectivity index (χ1) is 18.0. The Bertz CT molecular complexity index is 1790. The highest BCUT2D eigenvalue weighted by atomic mass is 35.5. The largest absolute Gasteiger partial charge is 0.361 e. The molecule has 0 aliphatic heterocycles. The van der Waals surface area contributed by atoms with Crippen LogP contribution in [-0.4, -0.2) is 52.0 Å². The first-order valence-corrected chi connectivity index (χ1v) is 13.6. The van der Waals surface area contributed by atoms with Crippen molar-refractivity contribution in [3.63, 3.8) is 0 Å². The molecule has 5 rings (SSSR count). The van der Waals surface area contributed by atoms with Crippen LogP contribution in [-0.2, 0) is 23.0 Å². The zero-order chi connectivity index (χ0) is 27.2. The van der Waals surface area contributed by atoms with Crippen molar-refractivity contribution in [2.75, 3.05) is 19.0 Å². The molecule has 0 fully saturated rings. The van der Waals surface area contributed by atoms with Crippen molar-refractivity contribution in [2.45, 2.75) is 17.9 Å². The summed E-state index contributed by atoms with van der Waals surface area (Å²) in [7, 11) is -0.578. The molecule has 2 aromatic carbocycles. The second-order valence-corrected chi connectivity index (χ2v) is 11.2. The van der Waals surface area contributed by atoms with Gasteiger partial charge in [-0.25, -0.2) is 23.2 Å². The molecule has 0 aliphatic rings. The molecule has 196 valence electrons.